The Labute approximate surface area is 111 Å². The lowest BCUT2D eigenvalue weighted by Crippen LogP contribution is -2.20. The number of aromatic nitrogens is 1. The van der Waals surface area contributed by atoms with Crippen molar-refractivity contribution in [2.75, 3.05) is 18.0 Å². The summed E-state index contributed by atoms with van der Waals surface area (Å²) in [5, 5.41) is 2.45. The van der Waals surface area contributed by atoms with E-state index in [1.54, 1.807) is 0 Å². The van der Waals surface area contributed by atoms with Crippen LogP contribution in [0.1, 0.15) is 23.3 Å². The Morgan fingerprint density at radius 3 is 2.68 bits per heavy atom. The summed E-state index contributed by atoms with van der Waals surface area (Å²) in [6.07, 6.45) is 4.26. The molecule has 0 saturated heterocycles. The Morgan fingerprint density at radius 2 is 2.16 bits per heavy atom. The molecule has 2 rings (SSSR count). The molecule has 104 valence electrons. The van der Waals surface area contributed by atoms with Crippen LogP contribution in [0.15, 0.2) is 12.3 Å². The lowest BCUT2D eigenvalue weighted by Gasteiger charge is -2.12. The lowest BCUT2D eigenvalue weighted by atomic mass is 10.3. The smallest absolute Gasteiger partial charge is 0.269 e. The summed E-state index contributed by atoms with van der Waals surface area (Å²) < 4.78 is 30.4. The van der Waals surface area contributed by atoms with E-state index in [1.165, 1.54) is 19.3 Å². The Bertz CT molecular complexity index is 596. The van der Waals surface area contributed by atoms with Crippen LogP contribution in [0, 0.1) is 0 Å². The van der Waals surface area contributed by atoms with Crippen LogP contribution in [0.4, 0.5) is 5.69 Å². The molecule has 2 N–H and O–H groups in total. The van der Waals surface area contributed by atoms with Gasteiger partial charge >= 0.3 is 0 Å². The molecule has 1 aromatic rings. The van der Waals surface area contributed by atoms with Crippen molar-refractivity contribution in [3.8, 4) is 5.75 Å². The zero-order chi connectivity index (χ0) is 14.0. The third kappa shape index (κ3) is 3.82. The number of hydrogen-bond donors (Lipinski definition) is 2. The average molecular weight is 285 g/mol. The third-order valence-electron chi connectivity index (χ3n) is 2.44. The van der Waals surface area contributed by atoms with Gasteiger partial charge in [-0.15, -0.1) is 0 Å². The van der Waals surface area contributed by atoms with E-state index in [9.17, 15) is 13.2 Å². The maximum atomic E-state index is 11.5. The molecule has 1 aliphatic carbocycles. The van der Waals surface area contributed by atoms with Crippen LogP contribution >= 0.6 is 0 Å². The largest absolute Gasteiger partial charge is 0.488 e. The van der Waals surface area contributed by atoms with E-state index in [4.69, 9.17) is 4.74 Å². The van der Waals surface area contributed by atoms with E-state index in [-0.39, 0.29) is 23.4 Å². The third-order valence-corrected chi connectivity index (χ3v) is 3.03. The van der Waals surface area contributed by atoms with Gasteiger partial charge in [0.25, 0.3) is 5.91 Å². The predicted molar refractivity (Wildman–Crippen MR) is 69.7 cm³/mol. The number of sulfonamides is 1. The second-order valence-corrected chi connectivity index (χ2v) is 6.08. The monoisotopic (exact) mass is 285 g/mol. The van der Waals surface area contributed by atoms with E-state index in [0.717, 1.165) is 19.1 Å². The van der Waals surface area contributed by atoms with Gasteiger partial charge in [-0.1, -0.05) is 0 Å². The van der Waals surface area contributed by atoms with Gasteiger partial charge in [0.1, 0.15) is 17.1 Å². The van der Waals surface area contributed by atoms with Crippen LogP contribution in [0.5, 0.6) is 5.75 Å². The quantitative estimate of drug-likeness (QED) is 0.813. The molecule has 1 heterocycles. The van der Waals surface area contributed by atoms with Crippen molar-refractivity contribution in [2.45, 2.75) is 18.9 Å². The predicted octanol–water partition coefficient (Wildman–Crippen LogP) is 0.354. The number of ether oxygens (including phenoxy) is 1. The summed E-state index contributed by atoms with van der Waals surface area (Å²) in [4.78, 5) is 15.4. The Hall–Kier alpha value is -1.83. The normalized spacial score (nSPS) is 14.8. The van der Waals surface area contributed by atoms with Gasteiger partial charge in [0.05, 0.1) is 18.6 Å². The minimum absolute atomic E-state index is 0.0834. The molecule has 1 aliphatic rings. The van der Waals surface area contributed by atoms with Gasteiger partial charge in [-0.25, -0.2) is 13.4 Å². The van der Waals surface area contributed by atoms with Gasteiger partial charge in [-0.05, 0) is 12.8 Å². The molecule has 0 atom stereocenters. The molecular weight excluding hydrogens is 270 g/mol. The number of carbonyl (C=O) groups excluding carboxylic acids is 1. The molecule has 19 heavy (non-hydrogen) atoms. The van der Waals surface area contributed by atoms with Gasteiger partial charge in [0.2, 0.25) is 10.0 Å². The highest BCUT2D eigenvalue weighted by molar-refractivity contribution is 7.92. The second kappa shape index (κ2) is 5.04. The second-order valence-electron chi connectivity index (χ2n) is 4.34. The standard InChI is InChI=1S/C11H15N3O4S/c1-12-11(15)8-5-10(18-7-3-4-7)9(6-13-8)14-19(2,16)17/h5-7,14H,3-4H2,1-2H3,(H,12,15). The average Bonchev–Trinajstić information content (AvgIpc) is 3.12. The molecule has 0 radical (unpaired) electrons. The number of hydrogen-bond acceptors (Lipinski definition) is 5. The first-order valence-corrected chi connectivity index (χ1v) is 7.65. The number of anilines is 1. The molecule has 7 nitrogen and oxygen atoms in total. The van der Waals surface area contributed by atoms with Gasteiger partial charge < -0.3 is 10.1 Å². The maximum absolute atomic E-state index is 11.5. The first kappa shape index (κ1) is 13.6. The number of nitrogens with zero attached hydrogens (tertiary/aromatic N) is 1. The number of amides is 1. The highest BCUT2D eigenvalue weighted by Crippen LogP contribution is 2.32. The lowest BCUT2D eigenvalue weighted by molar-refractivity contribution is 0.0957. The molecule has 8 heteroatoms. The minimum Gasteiger partial charge on any atom is -0.488 e. The fraction of sp³-hybridized carbons (Fsp3) is 0.455. The van der Waals surface area contributed by atoms with Gasteiger partial charge in [0.15, 0.2) is 0 Å². The van der Waals surface area contributed by atoms with Gasteiger partial charge in [0, 0.05) is 13.1 Å². The van der Waals surface area contributed by atoms with E-state index >= 15 is 0 Å². The topological polar surface area (TPSA) is 97.4 Å². The van der Waals surface area contributed by atoms with Crippen molar-refractivity contribution in [3.63, 3.8) is 0 Å². The molecule has 0 bridgehead atoms. The number of pyridine rings is 1. The summed E-state index contributed by atoms with van der Waals surface area (Å²) in [5.41, 5.74) is 0.416. The molecule has 0 aliphatic heterocycles. The van der Waals surface area contributed by atoms with Crippen molar-refractivity contribution in [3.05, 3.63) is 18.0 Å². The van der Waals surface area contributed by atoms with Gasteiger partial charge in [-0.3, -0.25) is 9.52 Å². The van der Waals surface area contributed by atoms with E-state index < -0.39 is 10.0 Å². The summed E-state index contributed by atoms with van der Waals surface area (Å²) in [5.74, 6) is -0.0342. The van der Waals surface area contributed by atoms with Crippen LogP contribution in [-0.2, 0) is 10.0 Å². The van der Waals surface area contributed by atoms with Crippen LogP contribution in [0.25, 0.3) is 0 Å². The summed E-state index contributed by atoms with van der Waals surface area (Å²) in [7, 11) is -1.93. The zero-order valence-corrected chi connectivity index (χ0v) is 11.5. The highest BCUT2D eigenvalue weighted by Gasteiger charge is 2.26. The maximum Gasteiger partial charge on any atom is 0.269 e. The molecule has 1 saturated carbocycles. The number of rotatable bonds is 5. The molecule has 0 spiro atoms. The Balaban J connectivity index is 2.33. The van der Waals surface area contributed by atoms with Crippen LogP contribution in [-0.4, -0.2) is 38.7 Å². The van der Waals surface area contributed by atoms with E-state index in [2.05, 4.69) is 15.0 Å². The summed E-state index contributed by atoms with van der Waals surface area (Å²) >= 11 is 0. The Kier molecular flexibility index (Phi) is 3.61. The SMILES string of the molecule is CNC(=O)c1cc(OC2CC2)c(NS(C)(=O)=O)cn1. The van der Waals surface area contributed by atoms with Crippen molar-refractivity contribution >= 4 is 21.6 Å². The number of carbonyl (C=O) groups is 1. The van der Waals surface area contributed by atoms with Crippen molar-refractivity contribution in [1.29, 1.82) is 0 Å². The van der Waals surface area contributed by atoms with E-state index in [1.807, 2.05) is 0 Å². The molecule has 1 amide bonds. The molecule has 0 aromatic carbocycles. The fourth-order valence-corrected chi connectivity index (χ4v) is 1.98. The number of nitrogens with one attached hydrogen (secondary N) is 2. The fourth-order valence-electron chi connectivity index (χ4n) is 1.43. The molecular formula is C11H15N3O4S. The molecule has 1 aromatic heterocycles. The first-order valence-electron chi connectivity index (χ1n) is 5.75. The minimum atomic E-state index is -3.42. The molecule has 1 fully saturated rings. The summed E-state index contributed by atoms with van der Waals surface area (Å²) in [6, 6.07) is 1.44. The summed E-state index contributed by atoms with van der Waals surface area (Å²) in [6.45, 7) is 0. The van der Waals surface area contributed by atoms with Crippen LogP contribution < -0.4 is 14.8 Å². The Morgan fingerprint density at radius 1 is 1.47 bits per heavy atom. The van der Waals surface area contributed by atoms with E-state index in [0.29, 0.717) is 5.75 Å². The van der Waals surface area contributed by atoms with Gasteiger partial charge in [-0.2, -0.15) is 0 Å². The molecule has 0 unspecified atom stereocenters. The van der Waals surface area contributed by atoms with Crippen molar-refractivity contribution in [2.24, 2.45) is 0 Å². The van der Waals surface area contributed by atoms with Crippen LogP contribution in [0.3, 0.4) is 0 Å². The van der Waals surface area contributed by atoms with Crippen LogP contribution in [0.2, 0.25) is 0 Å². The first-order chi connectivity index (χ1) is 8.89. The highest BCUT2D eigenvalue weighted by atomic mass is 32.2. The zero-order valence-electron chi connectivity index (χ0n) is 10.6. The van der Waals surface area contributed by atoms with Crippen molar-refractivity contribution in [1.82, 2.24) is 10.3 Å². The van der Waals surface area contributed by atoms with Crippen molar-refractivity contribution < 1.29 is 17.9 Å².